The van der Waals surface area contributed by atoms with Crippen molar-refractivity contribution in [2.45, 2.75) is 0 Å². The predicted octanol–water partition coefficient (Wildman–Crippen LogP) is 4.70. The van der Waals surface area contributed by atoms with Gasteiger partial charge in [0.05, 0.1) is 18.7 Å². The number of nitriles is 1. The Kier molecular flexibility index (Phi) is 4.61. The Morgan fingerprint density at radius 2 is 1.57 bits per heavy atom. The van der Waals surface area contributed by atoms with Gasteiger partial charge in [-0.2, -0.15) is 10.4 Å². The maximum absolute atomic E-state index is 8.98. The first-order chi connectivity index (χ1) is 13.7. The van der Waals surface area contributed by atoms with Gasteiger partial charge >= 0.3 is 0 Å². The first-order valence-electron chi connectivity index (χ1n) is 8.84. The van der Waals surface area contributed by atoms with Crippen LogP contribution in [-0.4, -0.2) is 21.9 Å². The van der Waals surface area contributed by atoms with Crippen LogP contribution in [-0.2, 0) is 7.05 Å². The molecule has 28 heavy (non-hydrogen) atoms. The molecule has 0 saturated heterocycles. The van der Waals surface area contributed by atoms with Crippen molar-refractivity contribution in [1.82, 2.24) is 14.8 Å². The van der Waals surface area contributed by atoms with Crippen LogP contribution in [0.1, 0.15) is 5.56 Å². The summed E-state index contributed by atoms with van der Waals surface area (Å²) in [7, 11) is 3.53. The van der Waals surface area contributed by atoms with E-state index in [-0.39, 0.29) is 0 Å². The number of benzene rings is 3. The van der Waals surface area contributed by atoms with Gasteiger partial charge in [-0.25, -0.2) is 9.67 Å². The molecule has 0 unspecified atom stereocenters. The van der Waals surface area contributed by atoms with Crippen LogP contribution in [0.2, 0.25) is 0 Å². The Morgan fingerprint density at radius 1 is 0.857 bits per heavy atom. The Hall–Kier alpha value is -3.91. The van der Waals surface area contributed by atoms with E-state index in [1.807, 2.05) is 73.8 Å². The summed E-state index contributed by atoms with van der Waals surface area (Å²) in [4.78, 5) is 4.74. The van der Waals surface area contributed by atoms with Crippen molar-refractivity contribution in [3.63, 3.8) is 0 Å². The van der Waals surface area contributed by atoms with Gasteiger partial charge in [-0.05, 0) is 41.5 Å². The van der Waals surface area contributed by atoms with E-state index >= 15 is 0 Å². The standard InChI is InChI=1S/C23H18N4O/c1-27-23(25-22(26-27)19-6-4-8-21(14-19)28-2)20-7-3-5-18(13-20)17-11-9-16(15-24)10-12-17/h3-14H,1-2H3. The number of aromatic nitrogens is 3. The third kappa shape index (κ3) is 3.36. The van der Waals surface area contributed by atoms with Gasteiger partial charge in [0, 0.05) is 18.2 Å². The van der Waals surface area contributed by atoms with Crippen LogP contribution in [0.25, 0.3) is 33.9 Å². The number of rotatable bonds is 4. The highest BCUT2D eigenvalue weighted by molar-refractivity contribution is 5.71. The number of hydrogen-bond acceptors (Lipinski definition) is 4. The van der Waals surface area contributed by atoms with Crippen molar-refractivity contribution in [1.29, 1.82) is 5.26 Å². The van der Waals surface area contributed by atoms with E-state index < -0.39 is 0 Å². The molecule has 5 heteroatoms. The highest BCUT2D eigenvalue weighted by Crippen LogP contribution is 2.28. The molecule has 0 N–H and O–H groups in total. The number of methoxy groups -OCH3 is 1. The highest BCUT2D eigenvalue weighted by atomic mass is 16.5. The molecule has 0 aliphatic carbocycles. The van der Waals surface area contributed by atoms with Crippen molar-refractivity contribution < 1.29 is 4.74 Å². The zero-order valence-corrected chi connectivity index (χ0v) is 15.6. The average Bonchev–Trinajstić information content (AvgIpc) is 3.15. The van der Waals surface area contributed by atoms with Crippen LogP contribution in [0, 0.1) is 11.3 Å². The Balaban J connectivity index is 1.71. The zero-order chi connectivity index (χ0) is 19.5. The van der Waals surface area contributed by atoms with Crippen LogP contribution >= 0.6 is 0 Å². The van der Waals surface area contributed by atoms with Gasteiger partial charge in [-0.1, -0.05) is 42.5 Å². The van der Waals surface area contributed by atoms with Gasteiger partial charge in [0.1, 0.15) is 5.75 Å². The van der Waals surface area contributed by atoms with Gasteiger partial charge in [-0.3, -0.25) is 0 Å². The fraction of sp³-hybridized carbons (Fsp3) is 0.0870. The second-order valence-corrected chi connectivity index (χ2v) is 6.38. The zero-order valence-electron chi connectivity index (χ0n) is 15.6. The molecule has 0 atom stereocenters. The van der Waals surface area contributed by atoms with Crippen LogP contribution < -0.4 is 4.74 Å². The van der Waals surface area contributed by atoms with Crippen LogP contribution in [0.5, 0.6) is 5.75 Å². The summed E-state index contributed by atoms with van der Waals surface area (Å²) >= 11 is 0. The quantitative estimate of drug-likeness (QED) is 0.525. The molecular weight excluding hydrogens is 348 g/mol. The summed E-state index contributed by atoms with van der Waals surface area (Å²) in [5.41, 5.74) is 4.65. The maximum Gasteiger partial charge on any atom is 0.181 e. The Labute approximate surface area is 163 Å². The minimum absolute atomic E-state index is 0.649. The van der Waals surface area contributed by atoms with E-state index in [2.05, 4.69) is 17.2 Å². The fourth-order valence-corrected chi connectivity index (χ4v) is 3.10. The van der Waals surface area contributed by atoms with Crippen molar-refractivity contribution >= 4 is 0 Å². The lowest BCUT2D eigenvalue weighted by atomic mass is 10.0. The highest BCUT2D eigenvalue weighted by Gasteiger charge is 2.12. The van der Waals surface area contributed by atoms with E-state index in [0.29, 0.717) is 11.4 Å². The summed E-state index contributed by atoms with van der Waals surface area (Å²) < 4.78 is 7.08. The number of ether oxygens (including phenoxy) is 1. The lowest BCUT2D eigenvalue weighted by Crippen LogP contribution is -1.94. The van der Waals surface area contributed by atoms with Gasteiger partial charge in [0.2, 0.25) is 0 Å². The third-order valence-corrected chi connectivity index (χ3v) is 4.56. The Bertz CT molecular complexity index is 1170. The Morgan fingerprint density at radius 3 is 2.32 bits per heavy atom. The molecule has 0 aliphatic heterocycles. The molecule has 4 rings (SSSR count). The van der Waals surface area contributed by atoms with Crippen molar-refractivity contribution in [2.24, 2.45) is 7.05 Å². The first-order valence-corrected chi connectivity index (χ1v) is 8.84. The monoisotopic (exact) mass is 366 g/mol. The van der Waals surface area contributed by atoms with Gasteiger partial charge in [-0.15, -0.1) is 0 Å². The number of nitrogens with zero attached hydrogens (tertiary/aromatic N) is 4. The normalized spacial score (nSPS) is 10.5. The maximum atomic E-state index is 8.98. The minimum atomic E-state index is 0.649. The summed E-state index contributed by atoms with van der Waals surface area (Å²) in [5, 5.41) is 13.5. The summed E-state index contributed by atoms with van der Waals surface area (Å²) in [5.74, 6) is 2.21. The second kappa shape index (κ2) is 7.37. The summed E-state index contributed by atoms with van der Waals surface area (Å²) in [6, 6.07) is 25.6. The van der Waals surface area contributed by atoms with Crippen molar-refractivity contribution in [3.8, 4) is 45.7 Å². The smallest absolute Gasteiger partial charge is 0.181 e. The molecule has 1 heterocycles. The summed E-state index contributed by atoms with van der Waals surface area (Å²) in [6.07, 6.45) is 0. The van der Waals surface area contributed by atoms with Crippen LogP contribution in [0.15, 0.2) is 72.8 Å². The largest absolute Gasteiger partial charge is 0.497 e. The SMILES string of the molecule is COc1cccc(-c2nc(-c3cccc(-c4ccc(C#N)cc4)c3)n(C)n2)c1. The number of aryl methyl sites for hydroxylation is 1. The van der Waals surface area contributed by atoms with E-state index in [4.69, 9.17) is 15.0 Å². The van der Waals surface area contributed by atoms with Gasteiger partial charge in [0.25, 0.3) is 0 Å². The predicted molar refractivity (Wildman–Crippen MR) is 109 cm³/mol. The topological polar surface area (TPSA) is 63.7 Å². The lowest BCUT2D eigenvalue weighted by Gasteiger charge is -2.05. The molecule has 0 aliphatic rings. The molecule has 3 aromatic carbocycles. The van der Waals surface area contributed by atoms with E-state index in [1.165, 1.54) is 0 Å². The fourth-order valence-electron chi connectivity index (χ4n) is 3.10. The van der Waals surface area contributed by atoms with E-state index in [9.17, 15) is 0 Å². The molecule has 0 bridgehead atoms. The summed E-state index contributed by atoms with van der Waals surface area (Å²) in [6.45, 7) is 0. The van der Waals surface area contributed by atoms with Crippen molar-refractivity contribution in [2.75, 3.05) is 7.11 Å². The van der Waals surface area contributed by atoms with Crippen LogP contribution in [0.4, 0.5) is 0 Å². The van der Waals surface area contributed by atoms with E-state index in [0.717, 1.165) is 33.8 Å². The molecule has 136 valence electrons. The lowest BCUT2D eigenvalue weighted by molar-refractivity contribution is 0.415. The molecule has 1 aromatic heterocycles. The molecule has 0 fully saturated rings. The molecule has 0 amide bonds. The third-order valence-electron chi connectivity index (χ3n) is 4.56. The minimum Gasteiger partial charge on any atom is -0.497 e. The van der Waals surface area contributed by atoms with Gasteiger partial charge < -0.3 is 4.74 Å². The first kappa shape index (κ1) is 17.5. The van der Waals surface area contributed by atoms with Crippen molar-refractivity contribution in [3.05, 3.63) is 78.4 Å². The molecule has 0 spiro atoms. The average molecular weight is 366 g/mol. The van der Waals surface area contributed by atoms with Crippen LogP contribution in [0.3, 0.4) is 0 Å². The molecule has 0 saturated carbocycles. The molecule has 4 aromatic rings. The molecular formula is C23H18N4O. The molecule has 0 radical (unpaired) electrons. The number of hydrogen-bond donors (Lipinski definition) is 0. The molecule has 5 nitrogen and oxygen atoms in total. The van der Waals surface area contributed by atoms with E-state index in [1.54, 1.807) is 11.8 Å². The second-order valence-electron chi connectivity index (χ2n) is 6.38. The van der Waals surface area contributed by atoms with Gasteiger partial charge in [0.15, 0.2) is 11.6 Å².